The summed E-state index contributed by atoms with van der Waals surface area (Å²) in [5.41, 5.74) is 0.693. The van der Waals surface area contributed by atoms with E-state index >= 15 is 0 Å². The fourth-order valence-electron chi connectivity index (χ4n) is 2.97. The number of alkyl halides is 3. The highest BCUT2D eigenvalue weighted by atomic mass is 19.4. The van der Waals surface area contributed by atoms with Gasteiger partial charge in [-0.15, -0.1) is 13.2 Å². The first-order valence-corrected chi connectivity index (χ1v) is 8.16. The van der Waals surface area contributed by atoms with Gasteiger partial charge in [-0.25, -0.2) is 0 Å². The molecular formula is C18H19F3N2O2. The summed E-state index contributed by atoms with van der Waals surface area (Å²) in [7, 11) is 0. The van der Waals surface area contributed by atoms with Gasteiger partial charge in [0.05, 0.1) is 5.69 Å². The van der Waals surface area contributed by atoms with E-state index in [0.717, 1.165) is 25.9 Å². The van der Waals surface area contributed by atoms with Gasteiger partial charge in [0.15, 0.2) is 11.5 Å². The van der Waals surface area contributed by atoms with Crippen LogP contribution < -0.4 is 14.8 Å². The first-order chi connectivity index (χ1) is 12.0. The van der Waals surface area contributed by atoms with E-state index in [1.807, 2.05) is 12.1 Å². The highest BCUT2D eigenvalue weighted by Gasteiger charge is 2.34. The summed E-state index contributed by atoms with van der Waals surface area (Å²) in [5.74, 6) is -0.177. The Balaban J connectivity index is 1.88. The maximum absolute atomic E-state index is 12.6. The minimum Gasteiger partial charge on any atom is -0.480 e. The molecule has 4 nitrogen and oxygen atoms in total. The van der Waals surface area contributed by atoms with Gasteiger partial charge in [-0.3, -0.25) is 4.98 Å². The van der Waals surface area contributed by atoms with Crippen LogP contribution in [0.4, 0.5) is 13.2 Å². The third-order valence-electron chi connectivity index (χ3n) is 4.07. The monoisotopic (exact) mass is 352 g/mol. The molecule has 0 aliphatic carbocycles. The molecule has 1 unspecified atom stereocenters. The molecule has 1 N–H and O–H groups in total. The number of para-hydroxylation sites is 2. The molecule has 0 bridgehead atoms. The van der Waals surface area contributed by atoms with Crippen molar-refractivity contribution >= 4 is 0 Å². The van der Waals surface area contributed by atoms with E-state index in [9.17, 15) is 13.2 Å². The molecule has 1 fully saturated rings. The van der Waals surface area contributed by atoms with Crippen LogP contribution in [0.5, 0.6) is 11.5 Å². The molecule has 3 rings (SSSR count). The molecular weight excluding hydrogens is 333 g/mol. The third kappa shape index (κ3) is 4.85. The summed E-state index contributed by atoms with van der Waals surface area (Å²) >= 11 is 0. The number of rotatable bonds is 5. The fraction of sp³-hybridized carbons (Fsp3) is 0.389. The number of halogens is 3. The van der Waals surface area contributed by atoms with E-state index in [-0.39, 0.29) is 17.4 Å². The van der Waals surface area contributed by atoms with Crippen molar-refractivity contribution in [2.24, 2.45) is 5.92 Å². The molecule has 2 heterocycles. The molecule has 25 heavy (non-hydrogen) atoms. The van der Waals surface area contributed by atoms with Crippen LogP contribution in [0.1, 0.15) is 24.6 Å². The van der Waals surface area contributed by atoms with Crippen LogP contribution in [0.3, 0.4) is 0 Å². The van der Waals surface area contributed by atoms with Gasteiger partial charge in [0.2, 0.25) is 0 Å². The van der Waals surface area contributed by atoms with E-state index in [2.05, 4.69) is 15.0 Å². The number of aromatic nitrogens is 1. The Labute approximate surface area is 144 Å². The second-order valence-corrected chi connectivity index (χ2v) is 5.89. The van der Waals surface area contributed by atoms with E-state index < -0.39 is 12.5 Å². The number of nitrogens with one attached hydrogen (secondary N) is 1. The molecule has 7 heteroatoms. The maximum Gasteiger partial charge on any atom is 0.573 e. The van der Waals surface area contributed by atoms with Crippen LogP contribution in [-0.4, -0.2) is 24.4 Å². The number of benzene rings is 1. The van der Waals surface area contributed by atoms with Gasteiger partial charge in [0.25, 0.3) is 0 Å². The van der Waals surface area contributed by atoms with Gasteiger partial charge in [-0.05, 0) is 43.7 Å². The standard InChI is InChI=1S/C18H19F3N2O2/c19-18(20,21)25-16-9-2-1-8-15(16)24-17(13-6-5-10-22-12-13)14-7-3-4-11-23-14/h1-4,7-9,11,13,17,22H,5-6,10,12H2/t13-,17?/m0/s1. The summed E-state index contributed by atoms with van der Waals surface area (Å²) in [6, 6.07) is 11.3. The summed E-state index contributed by atoms with van der Waals surface area (Å²) in [4.78, 5) is 4.34. The molecule has 1 aliphatic rings. The Morgan fingerprint density at radius 3 is 2.48 bits per heavy atom. The Morgan fingerprint density at radius 1 is 1.08 bits per heavy atom. The number of ether oxygens (including phenoxy) is 2. The number of hydrogen-bond acceptors (Lipinski definition) is 4. The van der Waals surface area contributed by atoms with E-state index in [1.54, 1.807) is 18.3 Å². The van der Waals surface area contributed by atoms with Crippen molar-refractivity contribution in [2.45, 2.75) is 25.3 Å². The quantitative estimate of drug-likeness (QED) is 0.880. The van der Waals surface area contributed by atoms with Crippen molar-refractivity contribution < 1.29 is 22.6 Å². The first-order valence-electron chi connectivity index (χ1n) is 8.16. The van der Waals surface area contributed by atoms with Crippen molar-refractivity contribution in [2.75, 3.05) is 13.1 Å². The van der Waals surface area contributed by atoms with E-state index in [4.69, 9.17) is 4.74 Å². The molecule has 1 aliphatic heterocycles. The topological polar surface area (TPSA) is 43.4 Å². The number of pyridine rings is 1. The van der Waals surface area contributed by atoms with E-state index in [0.29, 0.717) is 5.69 Å². The predicted molar refractivity (Wildman–Crippen MR) is 86.3 cm³/mol. The van der Waals surface area contributed by atoms with Crippen LogP contribution in [-0.2, 0) is 0 Å². The van der Waals surface area contributed by atoms with Crippen molar-refractivity contribution in [1.82, 2.24) is 10.3 Å². The molecule has 2 atom stereocenters. The van der Waals surface area contributed by atoms with Crippen LogP contribution in [0.25, 0.3) is 0 Å². The molecule has 0 radical (unpaired) electrons. The number of piperidine rings is 1. The van der Waals surface area contributed by atoms with Gasteiger partial charge in [-0.2, -0.15) is 0 Å². The summed E-state index contributed by atoms with van der Waals surface area (Å²) < 4.78 is 48.0. The van der Waals surface area contributed by atoms with Crippen molar-refractivity contribution in [3.63, 3.8) is 0 Å². The van der Waals surface area contributed by atoms with Crippen molar-refractivity contribution in [1.29, 1.82) is 0 Å². The average molecular weight is 352 g/mol. The van der Waals surface area contributed by atoms with Crippen molar-refractivity contribution in [3.8, 4) is 11.5 Å². The minimum atomic E-state index is -4.77. The lowest BCUT2D eigenvalue weighted by Crippen LogP contribution is -2.35. The van der Waals surface area contributed by atoms with Crippen molar-refractivity contribution in [3.05, 3.63) is 54.4 Å². The van der Waals surface area contributed by atoms with Crippen LogP contribution in [0, 0.1) is 5.92 Å². The zero-order valence-electron chi connectivity index (χ0n) is 13.5. The SMILES string of the molecule is FC(F)(F)Oc1ccccc1OC(c1ccccn1)[C@H]1CCCNC1. The number of nitrogens with zero attached hydrogens (tertiary/aromatic N) is 1. The lowest BCUT2D eigenvalue weighted by molar-refractivity contribution is -0.275. The lowest BCUT2D eigenvalue weighted by atomic mass is 9.91. The third-order valence-corrected chi connectivity index (χ3v) is 4.07. The van der Waals surface area contributed by atoms with Gasteiger partial charge in [0.1, 0.15) is 6.10 Å². The van der Waals surface area contributed by atoms with E-state index in [1.165, 1.54) is 18.2 Å². The molecule has 2 aromatic rings. The second-order valence-electron chi connectivity index (χ2n) is 5.89. The minimum absolute atomic E-state index is 0.0565. The van der Waals surface area contributed by atoms with Gasteiger partial charge < -0.3 is 14.8 Å². The Kier molecular flexibility index (Phi) is 5.43. The second kappa shape index (κ2) is 7.74. The van der Waals surface area contributed by atoms with Gasteiger partial charge >= 0.3 is 6.36 Å². The van der Waals surface area contributed by atoms with Crippen LogP contribution in [0.2, 0.25) is 0 Å². The molecule has 0 saturated carbocycles. The maximum atomic E-state index is 12.6. The Hall–Kier alpha value is -2.28. The summed E-state index contributed by atoms with van der Waals surface area (Å²) in [5, 5.41) is 3.30. The van der Waals surface area contributed by atoms with Gasteiger partial charge in [0, 0.05) is 18.7 Å². The van der Waals surface area contributed by atoms with Gasteiger partial charge in [-0.1, -0.05) is 18.2 Å². The molecule has 1 aromatic carbocycles. The summed E-state index contributed by atoms with van der Waals surface area (Å²) in [6.45, 7) is 1.66. The van der Waals surface area contributed by atoms with Crippen LogP contribution in [0.15, 0.2) is 48.7 Å². The summed E-state index contributed by atoms with van der Waals surface area (Å²) in [6.07, 6.45) is -1.67. The fourth-order valence-corrected chi connectivity index (χ4v) is 2.97. The zero-order chi connectivity index (χ0) is 17.7. The Morgan fingerprint density at radius 2 is 1.84 bits per heavy atom. The predicted octanol–water partition coefficient (Wildman–Crippen LogP) is 4.10. The zero-order valence-corrected chi connectivity index (χ0v) is 13.5. The average Bonchev–Trinajstić information content (AvgIpc) is 2.61. The lowest BCUT2D eigenvalue weighted by Gasteiger charge is -2.31. The largest absolute Gasteiger partial charge is 0.573 e. The Bertz CT molecular complexity index is 674. The first kappa shape index (κ1) is 17.5. The normalized spacial score (nSPS) is 19.2. The molecule has 0 spiro atoms. The van der Waals surface area contributed by atoms with Crippen LogP contribution >= 0.6 is 0 Å². The molecule has 1 saturated heterocycles. The molecule has 134 valence electrons. The highest BCUT2D eigenvalue weighted by molar-refractivity contribution is 5.40. The highest BCUT2D eigenvalue weighted by Crippen LogP contribution is 2.37. The smallest absolute Gasteiger partial charge is 0.480 e. The number of hydrogen-bond donors (Lipinski definition) is 1. The molecule has 0 amide bonds. The molecule has 1 aromatic heterocycles.